The number of aromatic nitrogens is 2. The molecule has 0 radical (unpaired) electrons. The molecule has 1 aromatic heterocycles. The first-order valence-corrected chi connectivity index (χ1v) is 2.89. The summed E-state index contributed by atoms with van der Waals surface area (Å²) < 4.78 is 1.57. The zero-order valence-electron chi connectivity index (χ0n) is 5.99. The van der Waals surface area contributed by atoms with E-state index in [0.717, 1.165) is 5.82 Å². The standard InChI is InChI=1S/C6H8N2O2.ClH/c1-5-7-2-3-8(5)4-6(9)10;/h2-3H,4H2,1H3,(H,9,10);1H/p-1. The minimum atomic E-state index is -0.846. The minimum absolute atomic E-state index is 0. The maximum Gasteiger partial charge on any atom is 0.323 e. The number of carboxylic acid groups (broad SMARTS) is 1. The van der Waals surface area contributed by atoms with Gasteiger partial charge in [-0.25, -0.2) is 4.98 Å². The van der Waals surface area contributed by atoms with Gasteiger partial charge in [-0.3, -0.25) is 4.79 Å². The Bertz CT molecular complexity index is 246. The van der Waals surface area contributed by atoms with Crippen LogP contribution < -0.4 is 12.4 Å². The van der Waals surface area contributed by atoms with Crippen molar-refractivity contribution < 1.29 is 22.3 Å². The van der Waals surface area contributed by atoms with E-state index >= 15 is 0 Å². The third-order valence-electron chi connectivity index (χ3n) is 1.23. The highest BCUT2D eigenvalue weighted by Gasteiger charge is 2.00. The number of nitrogens with zero attached hydrogens (tertiary/aromatic N) is 2. The fourth-order valence-electron chi connectivity index (χ4n) is 0.717. The molecule has 1 N–H and O–H groups in total. The summed E-state index contributed by atoms with van der Waals surface area (Å²) in [5.41, 5.74) is 0. The number of carbonyl (C=O) groups is 1. The third-order valence-corrected chi connectivity index (χ3v) is 1.23. The maximum atomic E-state index is 10.2. The monoisotopic (exact) mass is 175 g/mol. The molecule has 0 aromatic carbocycles. The molecule has 0 amide bonds. The van der Waals surface area contributed by atoms with E-state index in [1.165, 1.54) is 0 Å². The topological polar surface area (TPSA) is 55.1 Å². The van der Waals surface area contributed by atoms with Crippen LogP contribution in [0.3, 0.4) is 0 Å². The first kappa shape index (κ1) is 9.97. The van der Waals surface area contributed by atoms with E-state index in [4.69, 9.17) is 5.11 Å². The second-order valence-electron chi connectivity index (χ2n) is 2.00. The molecule has 0 unspecified atom stereocenters. The maximum absolute atomic E-state index is 10.2. The normalized spacial score (nSPS) is 8.82. The highest BCUT2D eigenvalue weighted by Crippen LogP contribution is 1.93. The van der Waals surface area contributed by atoms with E-state index in [2.05, 4.69) is 4.98 Å². The fourth-order valence-corrected chi connectivity index (χ4v) is 0.717. The molecular formula is C6H8ClN2O2-. The molecular weight excluding hydrogens is 168 g/mol. The van der Waals surface area contributed by atoms with Crippen molar-refractivity contribution in [2.75, 3.05) is 0 Å². The molecule has 0 atom stereocenters. The minimum Gasteiger partial charge on any atom is -1.00 e. The lowest BCUT2D eigenvalue weighted by molar-refractivity contribution is -0.137. The lowest BCUT2D eigenvalue weighted by Gasteiger charge is -1.97. The number of hydrogen-bond donors (Lipinski definition) is 1. The van der Waals surface area contributed by atoms with E-state index in [1.54, 1.807) is 23.9 Å². The smallest absolute Gasteiger partial charge is 0.323 e. The Hall–Kier alpha value is -1.03. The van der Waals surface area contributed by atoms with Crippen molar-refractivity contribution in [2.45, 2.75) is 13.5 Å². The van der Waals surface area contributed by atoms with Crippen LogP contribution in [0.15, 0.2) is 12.4 Å². The molecule has 0 aliphatic rings. The largest absolute Gasteiger partial charge is 1.00 e. The first-order chi connectivity index (χ1) is 4.70. The summed E-state index contributed by atoms with van der Waals surface area (Å²) in [6.45, 7) is 1.76. The molecule has 1 heterocycles. The zero-order chi connectivity index (χ0) is 7.56. The molecule has 0 fully saturated rings. The summed E-state index contributed by atoms with van der Waals surface area (Å²) in [5, 5.41) is 8.36. The second-order valence-corrected chi connectivity index (χ2v) is 2.00. The van der Waals surface area contributed by atoms with Crippen LogP contribution in [0.4, 0.5) is 0 Å². The quantitative estimate of drug-likeness (QED) is 0.532. The van der Waals surface area contributed by atoms with Gasteiger partial charge in [0.05, 0.1) is 0 Å². The van der Waals surface area contributed by atoms with Gasteiger partial charge in [-0.2, -0.15) is 0 Å². The second kappa shape index (κ2) is 3.98. The summed E-state index contributed by atoms with van der Waals surface area (Å²) in [6, 6.07) is 0. The number of aryl methyl sites for hydroxylation is 1. The van der Waals surface area contributed by atoms with Crippen molar-refractivity contribution in [3.05, 3.63) is 18.2 Å². The lowest BCUT2D eigenvalue weighted by atomic mass is 10.6. The van der Waals surface area contributed by atoms with Gasteiger partial charge in [0, 0.05) is 12.4 Å². The highest BCUT2D eigenvalue weighted by atomic mass is 35.5. The molecule has 11 heavy (non-hydrogen) atoms. The molecule has 0 aliphatic heterocycles. The van der Waals surface area contributed by atoms with Crippen molar-refractivity contribution in [3.8, 4) is 0 Å². The molecule has 5 heteroatoms. The average molecular weight is 176 g/mol. The molecule has 62 valence electrons. The number of carboxylic acids is 1. The van der Waals surface area contributed by atoms with Gasteiger partial charge in [0.25, 0.3) is 0 Å². The van der Waals surface area contributed by atoms with Crippen molar-refractivity contribution in [1.82, 2.24) is 9.55 Å². The predicted molar refractivity (Wildman–Crippen MR) is 34.6 cm³/mol. The van der Waals surface area contributed by atoms with Gasteiger partial charge in [-0.05, 0) is 6.92 Å². The molecule has 4 nitrogen and oxygen atoms in total. The van der Waals surface area contributed by atoms with Gasteiger partial charge in [-0.1, -0.05) is 0 Å². The van der Waals surface area contributed by atoms with Crippen LogP contribution in [-0.4, -0.2) is 20.6 Å². The highest BCUT2D eigenvalue weighted by molar-refractivity contribution is 5.66. The lowest BCUT2D eigenvalue weighted by Crippen LogP contribution is -3.00. The van der Waals surface area contributed by atoms with Crippen LogP contribution in [0.1, 0.15) is 5.82 Å². The van der Waals surface area contributed by atoms with Gasteiger partial charge >= 0.3 is 5.97 Å². The van der Waals surface area contributed by atoms with Gasteiger partial charge in [0.2, 0.25) is 0 Å². The van der Waals surface area contributed by atoms with Crippen molar-refractivity contribution in [3.63, 3.8) is 0 Å². The van der Waals surface area contributed by atoms with Crippen LogP contribution >= 0.6 is 0 Å². The van der Waals surface area contributed by atoms with Crippen molar-refractivity contribution in [1.29, 1.82) is 0 Å². The van der Waals surface area contributed by atoms with Crippen LogP contribution in [0, 0.1) is 6.92 Å². The SMILES string of the molecule is Cc1nccn1CC(=O)O.[Cl-]. The average Bonchev–Trinajstić information content (AvgIpc) is 2.15. The van der Waals surface area contributed by atoms with E-state index in [9.17, 15) is 4.79 Å². The molecule has 0 saturated carbocycles. The molecule has 1 rings (SSSR count). The van der Waals surface area contributed by atoms with Crippen LogP contribution in [0.2, 0.25) is 0 Å². The van der Waals surface area contributed by atoms with E-state index < -0.39 is 5.97 Å². The Morgan fingerprint density at radius 1 is 1.82 bits per heavy atom. The Morgan fingerprint density at radius 2 is 2.45 bits per heavy atom. The van der Waals surface area contributed by atoms with Gasteiger partial charge in [0.1, 0.15) is 12.4 Å². The predicted octanol–water partition coefficient (Wildman–Crippen LogP) is -2.72. The van der Waals surface area contributed by atoms with Crippen molar-refractivity contribution in [2.24, 2.45) is 0 Å². The molecule has 1 aromatic rings. The Morgan fingerprint density at radius 3 is 2.82 bits per heavy atom. The molecule has 0 saturated heterocycles. The van der Waals surface area contributed by atoms with Gasteiger partial charge in [-0.15, -0.1) is 0 Å². The van der Waals surface area contributed by atoms with Crippen LogP contribution in [-0.2, 0) is 11.3 Å². The Balaban J connectivity index is 0.000001000. The summed E-state index contributed by atoms with van der Waals surface area (Å²) in [4.78, 5) is 14.0. The molecule has 0 aliphatic carbocycles. The zero-order valence-corrected chi connectivity index (χ0v) is 6.75. The number of halogens is 1. The number of imidazole rings is 1. The first-order valence-electron chi connectivity index (χ1n) is 2.89. The van der Waals surface area contributed by atoms with Gasteiger partial charge in [0.15, 0.2) is 0 Å². The molecule has 0 bridgehead atoms. The summed E-state index contributed by atoms with van der Waals surface area (Å²) >= 11 is 0. The number of rotatable bonds is 2. The fraction of sp³-hybridized carbons (Fsp3) is 0.333. The van der Waals surface area contributed by atoms with Crippen molar-refractivity contribution >= 4 is 5.97 Å². The Kier molecular flexibility index (Phi) is 3.60. The van der Waals surface area contributed by atoms with E-state index in [-0.39, 0.29) is 19.0 Å². The van der Waals surface area contributed by atoms with Gasteiger partial charge < -0.3 is 22.1 Å². The number of hydrogen-bond acceptors (Lipinski definition) is 2. The van der Waals surface area contributed by atoms with E-state index in [1.807, 2.05) is 0 Å². The summed E-state index contributed by atoms with van der Waals surface area (Å²) in [5.74, 6) is -0.122. The van der Waals surface area contributed by atoms with E-state index in [0.29, 0.717) is 0 Å². The van der Waals surface area contributed by atoms with Crippen LogP contribution in [0.25, 0.3) is 0 Å². The van der Waals surface area contributed by atoms with Crippen LogP contribution in [0.5, 0.6) is 0 Å². The molecule has 0 spiro atoms. The Labute approximate surface area is 70.3 Å². The summed E-state index contributed by atoms with van der Waals surface area (Å²) in [6.07, 6.45) is 3.22. The summed E-state index contributed by atoms with van der Waals surface area (Å²) in [7, 11) is 0. The third kappa shape index (κ3) is 2.59. The number of aliphatic carboxylic acids is 1.